The smallest absolute Gasteiger partial charge is 0.338 e. The molecule has 3 aromatic rings. The molecule has 0 spiro atoms. The van der Waals surface area contributed by atoms with E-state index >= 15 is 0 Å². The first-order valence-electron chi connectivity index (χ1n) is 8.17. The van der Waals surface area contributed by atoms with E-state index in [2.05, 4.69) is 10.3 Å². The van der Waals surface area contributed by atoms with Gasteiger partial charge >= 0.3 is 5.97 Å². The number of hydrogen-bond donors (Lipinski definition) is 1. The van der Waals surface area contributed by atoms with Crippen molar-refractivity contribution in [3.63, 3.8) is 0 Å². The third kappa shape index (κ3) is 4.98. The molecule has 1 amide bonds. The number of esters is 1. The molecule has 0 atom stereocenters. The molecule has 138 valence electrons. The van der Waals surface area contributed by atoms with Gasteiger partial charge < -0.3 is 4.74 Å². The van der Waals surface area contributed by atoms with Gasteiger partial charge in [-0.2, -0.15) is 0 Å². The highest BCUT2D eigenvalue weighted by Crippen LogP contribution is 2.25. The normalized spacial score (nSPS) is 10.5. The SMILES string of the molecule is Cc1cc(C)cc(C(=O)OCC(=O)Nc2nc(-c3ccc(F)cc3)cs2)c1. The van der Waals surface area contributed by atoms with Crippen LogP contribution in [-0.4, -0.2) is 23.5 Å². The van der Waals surface area contributed by atoms with Crippen molar-refractivity contribution < 1.29 is 18.7 Å². The Morgan fingerprint density at radius 2 is 1.78 bits per heavy atom. The highest BCUT2D eigenvalue weighted by atomic mass is 32.1. The number of nitrogens with zero attached hydrogens (tertiary/aromatic N) is 1. The third-order valence-electron chi connectivity index (χ3n) is 3.68. The number of halogens is 1. The standard InChI is InChI=1S/C20H17FN2O3S/c1-12-7-13(2)9-15(8-12)19(25)26-10-18(24)23-20-22-17(11-27-20)14-3-5-16(21)6-4-14/h3-9,11H,10H2,1-2H3,(H,22,23,24). The molecular formula is C20H17FN2O3S. The summed E-state index contributed by atoms with van der Waals surface area (Å²) in [5.41, 5.74) is 3.68. The summed E-state index contributed by atoms with van der Waals surface area (Å²) in [7, 11) is 0. The van der Waals surface area contributed by atoms with E-state index in [0.717, 1.165) is 16.7 Å². The maximum absolute atomic E-state index is 13.0. The lowest BCUT2D eigenvalue weighted by Crippen LogP contribution is -2.21. The quantitative estimate of drug-likeness (QED) is 0.664. The summed E-state index contributed by atoms with van der Waals surface area (Å²) < 4.78 is 18.0. The number of aromatic nitrogens is 1. The Balaban J connectivity index is 1.56. The van der Waals surface area contributed by atoms with Crippen LogP contribution < -0.4 is 5.32 Å². The number of carbonyl (C=O) groups excluding carboxylic acids is 2. The van der Waals surface area contributed by atoms with E-state index in [1.54, 1.807) is 29.6 Å². The Labute approximate surface area is 159 Å². The van der Waals surface area contributed by atoms with E-state index < -0.39 is 18.5 Å². The van der Waals surface area contributed by atoms with Gasteiger partial charge in [0.1, 0.15) is 5.82 Å². The minimum absolute atomic E-state index is 0.326. The van der Waals surface area contributed by atoms with Crippen LogP contribution in [0.15, 0.2) is 47.8 Å². The number of thiazole rings is 1. The van der Waals surface area contributed by atoms with Crippen LogP contribution in [0.3, 0.4) is 0 Å². The molecule has 0 aliphatic heterocycles. The van der Waals surface area contributed by atoms with Crippen LogP contribution in [0.25, 0.3) is 11.3 Å². The van der Waals surface area contributed by atoms with E-state index in [1.165, 1.54) is 23.5 Å². The molecule has 0 bridgehead atoms. The van der Waals surface area contributed by atoms with Gasteiger partial charge in [0.15, 0.2) is 11.7 Å². The molecule has 0 saturated heterocycles. The zero-order valence-corrected chi connectivity index (χ0v) is 15.6. The van der Waals surface area contributed by atoms with Crippen LogP contribution in [0.1, 0.15) is 21.5 Å². The number of nitrogens with one attached hydrogen (secondary N) is 1. The highest BCUT2D eigenvalue weighted by molar-refractivity contribution is 7.14. The first-order chi connectivity index (χ1) is 12.9. The predicted molar refractivity (Wildman–Crippen MR) is 102 cm³/mol. The minimum atomic E-state index is -0.553. The highest BCUT2D eigenvalue weighted by Gasteiger charge is 2.13. The number of rotatable bonds is 5. The molecule has 2 aromatic carbocycles. The largest absolute Gasteiger partial charge is 0.452 e. The molecule has 0 unspecified atom stereocenters. The van der Waals surface area contributed by atoms with Crippen molar-refractivity contribution >= 4 is 28.3 Å². The second-order valence-corrected chi connectivity index (χ2v) is 6.90. The zero-order chi connectivity index (χ0) is 19.4. The molecule has 3 rings (SSSR count). The minimum Gasteiger partial charge on any atom is -0.452 e. The van der Waals surface area contributed by atoms with Gasteiger partial charge in [0.25, 0.3) is 5.91 Å². The van der Waals surface area contributed by atoms with E-state index in [4.69, 9.17) is 4.74 Å². The second-order valence-electron chi connectivity index (χ2n) is 6.05. The molecule has 7 heteroatoms. The van der Waals surface area contributed by atoms with Crippen LogP contribution >= 0.6 is 11.3 Å². The summed E-state index contributed by atoms with van der Waals surface area (Å²) in [4.78, 5) is 28.4. The molecule has 1 heterocycles. The van der Waals surface area contributed by atoms with Gasteiger partial charge in [0, 0.05) is 10.9 Å². The Hall–Kier alpha value is -3.06. The first kappa shape index (κ1) is 18.7. The number of amides is 1. The summed E-state index contributed by atoms with van der Waals surface area (Å²) in [6.45, 7) is 3.37. The van der Waals surface area contributed by atoms with Crippen molar-refractivity contribution in [2.24, 2.45) is 0 Å². The fourth-order valence-corrected chi connectivity index (χ4v) is 3.28. The van der Waals surface area contributed by atoms with E-state index in [-0.39, 0.29) is 5.82 Å². The molecule has 0 fully saturated rings. The molecule has 27 heavy (non-hydrogen) atoms. The molecule has 5 nitrogen and oxygen atoms in total. The molecule has 0 aliphatic carbocycles. The zero-order valence-electron chi connectivity index (χ0n) is 14.8. The maximum Gasteiger partial charge on any atom is 0.338 e. The molecular weight excluding hydrogens is 367 g/mol. The average Bonchev–Trinajstić information content (AvgIpc) is 3.08. The summed E-state index contributed by atoms with van der Waals surface area (Å²) in [5, 5.41) is 4.72. The lowest BCUT2D eigenvalue weighted by atomic mass is 10.1. The molecule has 0 aliphatic rings. The van der Waals surface area contributed by atoms with Crippen LogP contribution in [0.5, 0.6) is 0 Å². The predicted octanol–water partition coefficient (Wildman–Crippen LogP) is 4.36. The second kappa shape index (κ2) is 8.09. The fourth-order valence-electron chi connectivity index (χ4n) is 2.55. The Morgan fingerprint density at radius 1 is 1.11 bits per heavy atom. The number of carbonyl (C=O) groups is 2. The van der Waals surface area contributed by atoms with Crippen molar-refractivity contribution in [2.45, 2.75) is 13.8 Å². The van der Waals surface area contributed by atoms with Crippen LogP contribution in [0, 0.1) is 19.7 Å². The van der Waals surface area contributed by atoms with E-state index in [0.29, 0.717) is 16.4 Å². The van der Waals surface area contributed by atoms with Gasteiger partial charge in [-0.3, -0.25) is 10.1 Å². The van der Waals surface area contributed by atoms with Gasteiger partial charge in [-0.1, -0.05) is 17.2 Å². The summed E-state index contributed by atoms with van der Waals surface area (Å²) >= 11 is 1.23. The summed E-state index contributed by atoms with van der Waals surface area (Å²) in [6, 6.07) is 11.3. The van der Waals surface area contributed by atoms with Crippen LogP contribution in [0.4, 0.5) is 9.52 Å². The monoisotopic (exact) mass is 384 g/mol. The van der Waals surface area contributed by atoms with Crippen LogP contribution in [0.2, 0.25) is 0 Å². The molecule has 0 radical (unpaired) electrons. The van der Waals surface area contributed by atoms with Gasteiger partial charge in [0.2, 0.25) is 0 Å². The maximum atomic E-state index is 13.0. The van der Waals surface area contributed by atoms with Crippen molar-refractivity contribution in [2.75, 3.05) is 11.9 Å². The van der Waals surface area contributed by atoms with Crippen molar-refractivity contribution in [3.8, 4) is 11.3 Å². The molecule has 1 N–H and O–H groups in total. The van der Waals surface area contributed by atoms with Gasteiger partial charge in [-0.15, -0.1) is 11.3 Å². The lowest BCUT2D eigenvalue weighted by Gasteiger charge is -2.06. The Kier molecular flexibility index (Phi) is 5.61. The van der Waals surface area contributed by atoms with Gasteiger partial charge in [0.05, 0.1) is 11.3 Å². The van der Waals surface area contributed by atoms with Gasteiger partial charge in [-0.25, -0.2) is 14.2 Å². The first-order valence-corrected chi connectivity index (χ1v) is 9.05. The number of anilines is 1. The Morgan fingerprint density at radius 3 is 2.44 bits per heavy atom. The number of hydrogen-bond acceptors (Lipinski definition) is 5. The number of benzene rings is 2. The van der Waals surface area contributed by atoms with Crippen molar-refractivity contribution in [1.29, 1.82) is 0 Å². The number of ether oxygens (including phenoxy) is 1. The van der Waals surface area contributed by atoms with Crippen molar-refractivity contribution in [3.05, 3.63) is 70.4 Å². The third-order valence-corrected chi connectivity index (χ3v) is 4.44. The fraction of sp³-hybridized carbons (Fsp3) is 0.150. The summed E-state index contributed by atoms with van der Waals surface area (Å²) in [5.74, 6) is -1.36. The van der Waals surface area contributed by atoms with E-state index in [1.807, 2.05) is 19.9 Å². The number of aryl methyl sites for hydroxylation is 2. The lowest BCUT2D eigenvalue weighted by molar-refractivity contribution is -0.119. The molecule has 1 aromatic heterocycles. The topological polar surface area (TPSA) is 68.3 Å². The van der Waals surface area contributed by atoms with E-state index in [9.17, 15) is 14.0 Å². The van der Waals surface area contributed by atoms with Gasteiger partial charge in [-0.05, 0) is 50.2 Å². The van der Waals surface area contributed by atoms with Crippen LogP contribution in [-0.2, 0) is 9.53 Å². The average molecular weight is 384 g/mol. The van der Waals surface area contributed by atoms with Crippen molar-refractivity contribution in [1.82, 2.24) is 4.98 Å². The summed E-state index contributed by atoms with van der Waals surface area (Å²) in [6.07, 6.45) is 0. The Bertz CT molecular complexity index is 963. The molecule has 0 saturated carbocycles.